The highest BCUT2D eigenvalue weighted by Crippen LogP contribution is 2.29. The number of nitrogen functional groups attached to an aromatic ring is 1. The average Bonchev–Trinajstić information content (AvgIpc) is 2.15. The first-order valence-corrected chi connectivity index (χ1v) is 4.76. The van der Waals surface area contributed by atoms with Crippen LogP contribution in [-0.2, 0) is 4.74 Å². The molecule has 0 fully saturated rings. The Kier molecular flexibility index (Phi) is 4.00. The van der Waals surface area contributed by atoms with E-state index in [4.69, 9.17) is 17.3 Å². The zero-order valence-electron chi connectivity index (χ0n) is 8.34. The molecule has 0 radical (unpaired) electrons. The van der Waals surface area contributed by atoms with Crippen molar-refractivity contribution in [2.75, 3.05) is 12.3 Å². The normalized spacial score (nSPS) is 10.6. The summed E-state index contributed by atoms with van der Waals surface area (Å²) in [4.78, 5) is 14.8. The molecule has 0 aliphatic heterocycles. The molecule has 1 aromatic rings. The van der Waals surface area contributed by atoms with Crippen molar-refractivity contribution in [1.29, 1.82) is 0 Å². The topological polar surface area (TPSA) is 65.2 Å². The smallest absolute Gasteiger partial charge is 0.338 e. The summed E-state index contributed by atoms with van der Waals surface area (Å²) >= 11 is 5.53. The van der Waals surface area contributed by atoms with Crippen LogP contribution in [0.15, 0.2) is 6.07 Å². The fraction of sp³-hybridized carbons (Fsp3) is 0.333. The van der Waals surface area contributed by atoms with Gasteiger partial charge in [0.2, 0.25) is 0 Å². The number of hydrogen-bond acceptors (Lipinski definition) is 4. The highest BCUT2D eigenvalue weighted by Gasteiger charge is 2.24. The van der Waals surface area contributed by atoms with E-state index in [9.17, 15) is 13.6 Å². The molecule has 2 N–H and O–H groups in total. The number of aromatic nitrogens is 1. The summed E-state index contributed by atoms with van der Waals surface area (Å²) in [5.41, 5.74) is 4.27. The van der Waals surface area contributed by atoms with Gasteiger partial charge in [0.15, 0.2) is 0 Å². The van der Waals surface area contributed by atoms with Gasteiger partial charge in [-0.25, -0.2) is 18.6 Å². The van der Waals surface area contributed by atoms with Crippen molar-refractivity contribution < 1.29 is 18.3 Å². The van der Waals surface area contributed by atoms with E-state index in [2.05, 4.69) is 9.72 Å². The largest absolute Gasteiger partial charge is 0.462 e. The third-order valence-corrected chi connectivity index (χ3v) is 1.96. The minimum absolute atomic E-state index is 0.0708. The third kappa shape index (κ3) is 2.57. The Balaban J connectivity index is 3.29. The van der Waals surface area contributed by atoms with Crippen molar-refractivity contribution in [2.24, 2.45) is 0 Å². The molecule has 0 atom stereocenters. The fourth-order valence-electron chi connectivity index (χ4n) is 1.15. The highest BCUT2D eigenvalue weighted by atomic mass is 35.5. The molecule has 0 saturated heterocycles. The number of carbonyl (C=O) groups is 1. The quantitative estimate of drug-likeness (QED) is 0.661. The van der Waals surface area contributed by atoms with Crippen LogP contribution in [0.4, 0.5) is 14.6 Å². The van der Waals surface area contributed by atoms with Gasteiger partial charge in [0.25, 0.3) is 6.43 Å². The van der Waals surface area contributed by atoms with E-state index < -0.39 is 23.8 Å². The number of nitrogens with two attached hydrogens (primary N) is 1. The number of pyridine rings is 1. The molecular weight excluding hydrogens is 242 g/mol. The lowest BCUT2D eigenvalue weighted by Crippen LogP contribution is -2.12. The molecule has 88 valence electrons. The van der Waals surface area contributed by atoms with Gasteiger partial charge in [-0.3, -0.25) is 0 Å². The van der Waals surface area contributed by atoms with Crippen LogP contribution in [0.25, 0.3) is 0 Å². The summed E-state index contributed by atoms with van der Waals surface area (Å²) in [5, 5.41) is -0.134. The van der Waals surface area contributed by atoms with Gasteiger partial charge >= 0.3 is 5.97 Å². The van der Waals surface area contributed by atoms with Gasteiger partial charge in [0.05, 0.1) is 17.7 Å². The Labute approximate surface area is 95.4 Å². The van der Waals surface area contributed by atoms with Crippen molar-refractivity contribution in [3.8, 4) is 0 Å². The molecule has 0 saturated carbocycles. The van der Waals surface area contributed by atoms with E-state index >= 15 is 0 Å². The maximum atomic E-state index is 12.6. The first kappa shape index (κ1) is 12.6. The van der Waals surface area contributed by atoms with Crippen LogP contribution in [0.5, 0.6) is 0 Å². The lowest BCUT2D eigenvalue weighted by atomic mass is 10.1. The van der Waals surface area contributed by atoms with E-state index in [0.717, 1.165) is 6.07 Å². The Morgan fingerprint density at radius 2 is 2.31 bits per heavy atom. The van der Waals surface area contributed by atoms with Crippen molar-refractivity contribution in [1.82, 2.24) is 4.98 Å². The molecule has 0 bridgehead atoms. The molecule has 0 aliphatic rings. The van der Waals surface area contributed by atoms with E-state index in [0.29, 0.717) is 0 Å². The monoisotopic (exact) mass is 250 g/mol. The number of ether oxygens (including phenoxy) is 1. The van der Waals surface area contributed by atoms with E-state index in [1.807, 2.05) is 0 Å². The molecule has 4 nitrogen and oxygen atoms in total. The maximum Gasteiger partial charge on any atom is 0.338 e. The standard InChI is InChI=1S/C9H9ClF2N2O2/c1-2-16-9(15)4-3-5(10)14-8(13)6(4)7(11)12/h3,7H,2H2,1H3,(H2,13,14). The van der Waals surface area contributed by atoms with Crippen LogP contribution < -0.4 is 5.73 Å². The van der Waals surface area contributed by atoms with Crippen LogP contribution in [-0.4, -0.2) is 17.6 Å². The molecule has 0 amide bonds. The summed E-state index contributed by atoms with van der Waals surface area (Å²) in [7, 11) is 0. The summed E-state index contributed by atoms with van der Waals surface area (Å²) in [6.45, 7) is 1.63. The first-order chi connectivity index (χ1) is 7.47. The number of nitrogens with zero attached hydrogens (tertiary/aromatic N) is 1. The molecule has 7 heteroatoms. The molecular formula is C9H9ClF2N2O2. The van der Waals surface area contributed by atoms with Gasteiger partial charge in [-0.15, -0.1) is 0 Å². The van der Waals surface area contributed by atoms with Crippen molar-refractivity contribution in [3.63, 3.8) is 0 Å². The zero-order valence-corrected chi connectivity index (χ0v) is 9.09. The van der Waals surface area contributed by atoms with Crippen molar-refractivity contribution in [2.45, 2.75) is 13.3 Å². The SMILES string of the molecule is CCOC(=O)c1cc(Cl)nc(N)c1C(F)F. The predicted molar refractivity (Wildman–Crippen MR) is 54.6 cm³/mol. The Morgan fingerprint density at radius 1 is 1.69 bits per heavy atom. The van der Waals surface area contributed by atoms with Crippen LogP contribution in [0.1, 0.15) is 29.3 Å². The summed E-state index contributed by atoms with van der Waals surface area (Å²) in [5.74, 6) is -1.36. The van der Waals surface area contributed by atoms with Gasteiger partial charge in [0, 0.05) is 0 Å². The molecule has 1 heterocycles. The fourth-order valence-corrected chi connectivity index (χ4v) is 1.35. The second-order valence-electron chi connectivity index (χ2n) is 2.81. The van der Waals surface area contributed by atoms with Gasteiger partial charge in [-0.2, -0.15) is 0 Å². The summed E-state index contributed by atoms with van der Waals surface area (Å²) in [6.07, 6.45) is -2.91. The van der Waals surface area contributed by atoms with Crippen molar-refractivity contribution >= 4 is 23.4 Å². The van der Waals surface area contributed by atoms with E-state index in [-0.39, 0.29) is 17.3 Å². The molecule has 1 aromatic heterocycles. The molecule has 0 unspecified atom stereocenters. The number of hydrogen-bond donors (Lipinski definition) is 1. The lowest BCUT2D eigenvalue weighted by molar-refractivity contribution is 0.0515. The number of carbonyl (C=O) groups excluding carboxylic acids is 1. The average molecular weight is 251 g/mol. The lowest BCUT2D eigenvalue weighted by Gasteiger charge is -2.10. The Bertz CT molecular complexity index is 413. The third-order valence-electron chi connectivity index (χ3n) is 1.77. The molecule has 0 aliphatic carbocycles. The van der Waals surface area contributed by atoms with Gasteiger partial charge in [-0.1, -0.05) is 11.6 Å². The van der Waals surface area contributed by atoms with Gasteiger partial charge in [-0.05, 0) is 13.0 Å². The number of esters is 1. The maximum absolute atomic E-state index is 12.6. The first-order valence-electron chi connectivity index (χ1n) is 4.38. The summed E-state index contributed by atoms with van der Waals surface area (Å²) in [6, 6.07) is 1.01. The molecule has 0 aromatic carbocycles. The highest BCUT2D eigenvalue weighted by molar-refractivity contribution is 6.30. The predicted octanol–water partition coefficient (Wildman–Crippen LogP) is 2.43. The number of alkyl halides is 2. The molecule has 0 spiro atoms. The van der Waals surface area contributed by atoms with Crippen LogP contribution in [0.3, 0.4) is 0 Å². The summed E-state index contributed by atoms with van der Waals surface area (Å²) < 4.78 is 29.9. The van der Waals surface area contributed by atoms with E-state index in [1.165, 1.54) is 0 Å². The number of anilines is 1. The minimum atomic E-state index is -2.91. The van der Waals surface area contributed by atoms with Gasteiger partial charge in [0.1, 0.15) is 11.0 Å². The van der Waals surface area contributed by atoms with Crippen LogP contribution in [0, 0.1) is 0 Å². The number of halogens is 3. The van der Waals surface area contributed by atoms with Crippen molar-refractivity contribution in [3.05, 3.63) is 22.3 Å². The van der Waals surface area contributed by atoms with E-state index in [1.54, 1.807) is 6.92 Å². The second-order valence-corrected chi connectivity index (χ2v) is 3.20. The van der Waals surface area contributed by atoms with Gasteiger partial charge < -0.3 is 10.5 Å². The van der Waals surface area contributed by atoms with Crippen LogP contribution in [0.2, 0.25) is 5.15 Å². The number of rotatable bonds is 3. The Morgan fingerprint density at radius 3 is 2.81 bits per heavy atom. The minimum Gasteiger partial charge on any atom is -0.462 e. The molecule has 1 rings (SSSR count). The second kappa shape index (κ2) is 5.07. The zero-order chi connectivity index (χ0) is 12.3. The molecule has 16 heavy (non-hydrogen) atoms. The Hall–Kier alpha value is -1.43. The van der Waals surface area contributed by atoms with Crippen LogP contribution >= 0.6 is 11.6 Å².